The Balaban J connectivity index is 1.69. The predicted octanol–water partition coefficient (Wildman–Crippen LogP) is 1.22. The van der Waals surface area contributed by atoms with Gasteiger partial charge in [0.2, 0.25) is 0 Å². The van der Waals surface area contributed by atoms with Gasteiger partial charge in [-0.2, -0.15) is 0 Å². The lowest BCUT2D eigenvalue weighted by Crippen LogP contribution is -2.66. The SMILES string of the molecule is C[C@@]12CC[C@@](COCc3ccccc3)(O1)[C@@](O)(CO)CO2. The van der Waals surface area contributed by atoms with E-state index in [9.17, 15) is 10.2 Å². The van der Waals surface area contributed by atoms with E-state index in [2.05, 4.69) is 0 Å². The number of aliphatic hydroxyl groups excluding tert-OH is 1. The summed E-state index contributed by atoms with van der Waals surface area (Å²) in [5, 5.41) is 20.2. The van der Waals surface area contributed by atoms with Crippen molar-refractivity contribution in [3.8, 4) is 0 Å². The van der Waals surface area contributed by atoms with Crippen molar-refractivity contribution in [2.24, 2.45) is 0 Å². The summed E-state index contributed by atoms with van der Waals surface area (Å²) in [4.78, 5) is 0. The first kappa shape index (κ1) is 14.9. The highest BCUT2D eigenvalue weighted by Gasteiger charge is 2.63. The third-order valence-corrected chi connectivity index (χ3v) is 4.57. The van der Waals surface area contributed by atoms with Gasteiger partial charge >= 0.3 is 0 Å². The standard InChI is InChI=1S/C16H22O5/c1-14-7-8-16(21-14,15(18,10-17)11-20-14)12-19-9-13-5-3-2-4-6-13/h2-6,17-18H,7-12H2,1H3/t14-,15+,16-/m0/s1. The van der Waals surface area contributed by atoms with Gasteiger partial charge in [0.05, 0.1) is 26.4 Å². The van der Waals surface area contributed by atoms with Gasteiger partial charge in [-0.15, -0.1) is 0 Å². The molecule has 0 saturated carbocycles. The van der Waals surface area contributed by atoms with Gasteiger partial charge in [-0.05, 0) is 18.9 Å². The minimum atomic E-state index is -1.42. The van der Waals surface area contributed by atoms with Crippen molar-refractivity contribution in [1.82, 2.24) is 0 Å². The Hall–Kier alpha value is -0.980. The highest BCUT2D eigenvalue weighted by Crippen LogP contribution is 2.49. The van der Waals surface area contributed by atoms with Crippen LogP contribution in [0, 0.1) is 0 Å². The molecular weight excluding hydrogens is 272 g/mol. The first-order chi connectivity index (χ1) is 10.0. The second kappa shape index (κ2) is 5.34. The number of hydrogen-bond acceptors (Lipinski definition) is 5. The third kappa shape index (κ3) is 2.60. The quantitative estimate of drug-likeness (QED) is 0.854. The lowest BCUT2D eigenvalue weighted by atomic mass is 9.82. The topological polar surface area (TPSA) is 68.2 Å². The van der Waals surface area contributed by atoms with Crippen LogP contribution in [0.1, 0.15) is 25.3 Å². The zero-order valence-electron chi connectivity index (χ0n) is 12.2. The summed E-state index contributed by atoms with van der Waals surface area (Å²) in [6.45, 7) is 2.21. The Bertz CT molecular complexity index is 493. The minimum absolute atomic E-state index is 0.0642. The van der Waals surface area contributed by atoms with Crippen LogP contribution in [-0.4, -0.2) is 47.0 Å². The van der Waals surface area contributed by atoms with E-state index in [-0.39, 0.29) is 13.2 Å². The number of hydrogen-bond donors (Lipinski definition) is 2. The fourth-order valence-electron chi connectivity index (χ4n) is 3.11. The largest absolute Gasteiger partial charge is 0.393 e. The van der Waals surface area contributed by atoms with Gasteiger partial charge in [-0.1, -0.05) is 30.3 Å². The van der Waals surface area contributed by atoms with Crippen molar-refractivity contribution in [3.05, 3.63) is 35.9 Å². The predicted molar refractivity (Wildman–Crippen MR) is 75.5 cm³/mol. The summed E-state index contributed by atoms with van der Waals surface area (Å²) in [6.07, 6.45) is 1.29. The summed E-state index contributed by atoms with van der Waals surface area (Å²) >= 11 is 0. The minimum Gasteiger partial charge on any atom is -0.393 e. The molecule has 0 spiro atoms. The molecule has 2 aliphatic rings. The van der Waals surface area contributed by atoms with Crippen LogP contribution in [-0.2, 0) is 20.8 Å². The van der Waals surface area contributed by atoms with Crippen LogP contribution in [0.25, 0.3) is 0 Å². The highest BCUT2D eigenvalue weighted by molar-refractivity contribution is 5.14. The van der Waals surface area contributed by atoms with Gasteiger partial charge in [0.25, 0.3) is 0 Å². The molecule has 1 aromatic carbocycles. The van der Waals surface area contributed by atoms with E-state index in [4.69, 9.17) is 14.2 Å². The summed E-state index contributed by atoms with van der Waals surface area (Å²) in [7, 11) is 0. The van der Waals surface area contributed by atoms with E-state index in [0.29, 0.717) is 19.4 Å². The Morgan fingerprint density at radius 1 is 1.24 bits per heavy atom. The van der Waals surface area contributed by atoms with Gasteiger partial charge in [0, 0.05) is 6.42 Å². The second-order valence-electron chi connectivity index (χ2n) is 6.19. The second-order valence-corrected chi connectivity index (χ2v) is 6.19. The smallest absolute Gasteiger partial charge is 0.166 e. The summed E-state index contributed by atoms with van der Waals surface area (Å²) in [5.41, 5.74) is -1.25. The van der Waals surface area contributed by atoms with E-state index in [0.717, 1.165) is 5.56 Å². The maximum absolute atomic E-state index is 10.6. The fourth-order valence-corrected chi connectivity index (χ4v) is 3.11. The average Bonchev–Trinajstić information content (AvgIpc) is 2.81. The van der Waals surface area contributed by atoms with Gasteiger partial charge in [-0.25, -0.2) is 0 Å². The van der Waals surface area contributed by atoms with Gasteiger partial charge in [-0.3, -0.25) is 0 Å². The van der Waals surface area contributed by atoms with Crippen molar-refractivity contribution in [3.63, 3.8) is 0 Å². The van der Waals surface area contributed by atoms with Crippen LogP contribution < -0.4 is 0 Å². The lowest BCUT2D eigenvalue weighted by Gasteiger charge is -2.48. The molecular formula is C16H22O5. The monoisotopic (exact) mass is 294 g/mol. The lowest BCUT2D eigenvalue weighted by molar-refractivity contribution is -0.358. The molecule has 21 heavy (non-hydrogen) atoms. The van der Waals surface area contributed by atoms with Crippen LogP contribution in [0.3, 0.4) is 0 Å². The molecule has 3 rings (SSSR count). The number of ether oxygens (including phenoxy) is 3. The fraction of sp³-hybridized carbons (Fsp3) is 0.625. The molecule has 3 atom stereocenters. The number of rotatable bonds is 5. The molecule has 2 saturated heterocycles. The van der Waals surface area contributed by atoms with Gasteiger partial charge in [0.15, 0.2) is 5.79 Å². The molecule has 0 unspecified atom stereocenters. The van der Waals surface area contributed by atoms with E-state index >= 15 is 0 Å². The van der Waals surface area contributed by atoms with Crippen molar-refractivity contribution in [2.75, 3.05) is 19.8 Å². The average molecular weight is 294 g/mol. The first-order valence-corrected chi connectivity index (χ1v) is 7.30. The van der Waals surface area contributed by atoms with Gasteiger partial charge < -0.3 is 24.4 Å². The van der Waals surface area contributed by atoms with Crippen molar-refractivity contribution in [1.29, 1.82) is 0 Å². The molecule has 0 aromatic heterocycles. The molecule has 2 fully saturated rings. The van der Waals surface area contributed by atoms with E-state index in [1.54, 1.807) is 0 Å². The molecule has 2 N–H and O–H groups in total. The van der Waals surface area contributed by atoms with Crippen molar-refractivity contribution < 1.29 is 24.4 Å². The Morgan fingerprint density at radius 3 is 2.71 bits per heavy atom. The zero-order valence-corrected chi connectivity index (χ0v) is 12.2. The van der Waals surface area contributed by atoms with Gasteiger partial charge in [0.1, 0.15) is 11.2 Å². The molecule has 2 bridgehead atoms. The Labute approximate surface area is 124 Å². The molecule has 5 nitrogen and oxygen atoms in total. The molecule has 116 valence electrons. The van der Waals surface area contributed by atoms with Crippen LogP contribution in [0.15, 0.2) is 30.3 Å². The zero-order chi connectivity index (χ0) is 15.0. The van der Waals surface area contributed by atoms with E-state index in [1.165, 1.54) is 0 Å². The number of benzene rings is 1. The molecule has 0 amide bonds. The Kier molecular flexibility index (Phi) is 3.80. The highest BCUT2D eigenvalue weighted by atomic mass is 16.7. The molecule has 5 heteroatoms. The first-order valence-electron chi connectivity index (χ1n) is 7.30. The summed E-state index contributed by atoms with van der Waals surface area (Å²) in [6, 6.07) is 9.84. The van der Waals surface area contributed by atoms with Crippen molar-refractivity contribution >= 4 is 0 Å². The van der Waals surface area contributed by atoms with Crippen molar-refractivity contribution in [2.45, 2.75) is 43.4 Å². The normalized spacial score (nSPS) is 38.6. The Morgan fingerprint density at radius 2 is 2.00 bits per heavy atom. The molecule has 1 aromatic rings. The summed E-state index contributed by atoms with van der Waals surface area (Å²) in [5.74, 6) is -0.683. The molecule has 2 aliphatic heterocycles. The van der Waals surface area contributed by atoms with Crippen LogP contribution in [0.2, 0.25) is 0 Å². The maximum atomic E-state index is 10.6. The number of fused-ring (bicyclic) bond motifs is 2. The summed E-state index contributed by atoms with van der Waals surface area (Å²) < 4.78 is 17.3. The third-order valence-electron chi connectivity index (χ3n) is 4.57. The van der Waals surface area contributed by atoms with E-state index < -0.39 is 23.6 Å². The molecule has 2 heterocycles. The van der Waals surface area contributed by atoms with E-state index in [1.807, 2.05) is 37.3 Å². The molecule has 0 aliphatic carbocycles. The maximum Gasteiger partial charge on any atom is 0.166 e. The van der Waals surface area contributed by atoms with Crippen LogP contribution in [0.5, 0.6) is 0 Å². The van der Waals surface area contributed by atoms with Crippen LogP contribution in [0.4, 0.5) is 0 Å². The number of aliphatic hydroxyl groups is 2. The molecule has 0 radical (unpaired) electrons. The van der Waals surface area contributed by atoms with Crippen LogP contribution >= 0.6 is 0 Å².